The fourth-order valence-electron chi connectivity index (χ4n) is 4.45. The molecule has 0 aliphatic carbocycles. The number of hydrogen-bond acceptors (Lipinski definition) is 6. The van der Waals surface area contributed by atoms with Crippen molar-refractivity contribution >= 4 is 17.9 Å². The van der Waals surface area contributed by atoms with Crippen molar-refractivity contribution in [3.8, 4) is 0 Å². The molecule has 0 amide bonds. The highest BCUT2D eigenvalue weighted by Crippen LogP contribution is 2.45. The van der Waals surface area contributed by atoms with Crippen LogP contribution in [0.5, 0.6) is 0 Å². The van der Waals surface area contributed by atoms with Gasteiger partial charge in [-0.25, -0.2) is 14.4 Å². The maximum Gasteiger partial charge on any atom is 0.337 e. The normalized spacial score (nSPS) is 13.1. The van der Waals surface area contributed by atoms with Crippen molar-refractivity contribution in [2.45, 2.75) is 77.6 Å². The van der Waals surface area contributed by atoms with Gasteiger partial charge in [-0.05, 0) is 19.3 Å². The van der Waals surface area contributed by atoms with Crippen molar-refractivity contribution in [1.29, 1.82) is 0 Å². The maximum atomic E-state index is 12.9. The molecule has 3 atom stereocenters. The first-order valence-electron chi connectivity index (χ1n) is 11.9. The fraction of sp³-hybridized carbons (Fsp3) is 0.444. The number of ether oxygens (including phenoxy) is 3. The molecule has 1 aromatic carbocycles. The number of aromatic carboxylic acids is 3. The molecule has 36 heavy (non-hydrogen) atoms. The summed E-state index contributed by atoms with van der Waals surface area (Å²) < 4.78 is 16.9. The molecule has 0 bridgehead atoms. The molecule has 198 valence electrons. The van der Waals surface area contributed by atoms with Gasteiger partial charge < -0.3 is 29.5 Å². The molecule has 9 heteroatoms. The van der Waals surface area contributed by atoms with E-state index in [2.05, 4.69) is 19.7 Å². The molecule has 0 saturated carbocycles. The molecule has 0 saturated heterocycles. The van der Waals surface area contributed by atoms with Crippen LogP contribution >= 0.6 is 0 Å². The predicted molar refractivity (Wildman–Crippen MR) is 134 cm³/mol. The largest absolute Gasteiger partial charge is 0.494 e. The molecule has 0 fully saturated rings. The number of hydrogen-bond donors (Lipinski definition) is 3. The first kappa shape index (κ1) is 30.3. The van der Waals surface area contributed by atoms with Gasteiger partial charge in [-0.1, -0.05) is 59.8 Å². The minimum Gasteiger partial charge on any atom is -0.494 e. The molecule has 0 spiro atoms. The highest BCUT2D eigenvalue weighted by atomic mass is 16.5. The maximum absolute atomic E-state index is 12.9. The molecule has 3 N–H and O–H groups in total. The van der Waals surface area contributed by atoms with Crippen LogP contribution in [0.1, 0.15) is 125 Å². The first-order valence-corrected chi connectivity index (χ1v) is 11.9. The van der Waals surface area contributed by atoms with E-state index in [4.69, 9.17) is 14.2 Å². The monoisotopic (exact) mass is 504 g/mol. The first-order chi connectivity index (χ1) is 17.2. The molecule has 0 heterocycles. The minimum atomic E-state index is -1.60. The van der Waals surface area contributed by atoms with Gasteiger partial charge in [0.15, 0.2) is 0 Å². The zero-order valence-corrected chi connectivity index (χ0v) is 21.1. The minimum absolute atomic E-state index is 0.0238. The molecular weight excluding hydrogens is 468 g/mol. The molecular formula is C27H36O9. The summed E-state index contributed by atoms with van der Waals surface area (Å²) in [5.74, 6) is -4.59. The fourth-order valence-corrected chi connectivity index (χ4v) is 4.45. The van der Waals surface area contributed by atoms with E-state index in [0.717, 1.165) is 18.8 Å². The van der Waals surface area contributed by atoms with E-state index in [1.807, 2.05) is 20.8 Å². The van der Waals surface area contributed by atoms with Crippen molar-refractivity contribution in [2.75, 3.05) is 0 Å². The summed E-state index contributed by atoms with van der Waals surface area (Å²) >= 11 is 0. The third-order valence-electron chi connectivity index (χ3n) is 5.66. The second kappa shape index (κ2) is 14.6. The van der Waals surface area contributed by atoms with E-state index in [1.165, 1.54) is 0 Å². The number of carboxylic acid groups (broad SMARTS) is 3. The Hall–Kier alpha value is -3.75. The molecule has 0 aromatic heterocycles. The number of benzene rings is 1. The van der Waals surface area contributed by atoms with Crippen LogP contribution in [0.4, 0.5) is 0 Å². The van der Waals surface area contributed by atoms with Crippen LogP contribution in [0.2, 0.25) is 0 Å². The van der Waals surface area contributed by atoms with Gasteiger partial charge in [0.05, 0.1) is 35.5 Å². The molecule has 1 aromatic rings. The van der Waals surface area contributed by atoms with E-state index >= 15 is 0 Å². The Morgan fingerprint density at radius 1 is 0.611 bits per heavy atom. The molecule has 3 unspecified atom stereocenters. The Labute approximate surface area is 211 Å². The molecule has 0 radical (unpaired) electrons. The smallest absolute Gasteiger partial charge is 0.337 e. The Morgan fingerprint density at radius 2 is 0.889 bits per heavy atom. The van der Waals surface area contributed by atoms with Gasteiger partial charge in [0, 0.05) is 16.7 Å². The highest BCUT2D eigenvalue weighted by Gasteiger charge is 2.41. The van der Waals surface area contributed by atoms with Crippen molar-refractivity contribution in [2.24, 2.45) is 0 Å². The SMILES string of the molecule is C=COC(CCC)c1c(C(=O)O)c(C(=O)O)c(C(CCC)OC=C)c(C(CCC)OC=C)c1C(=O)O. The van der Waals surface area contributed by atoms with E-state index < -0.39 is 47.3 Å². The van der Waals surface area contributed by atoms with Crippen LogP contribution in [-0.2, 0) is 14.2 Å². The predicted octanol–water partition coefficient (Wildman–Crippen LogP) is 6.79. The highest BCUT2D eigenvalue weighted by molar-refractivity contribution is 6.08. The van der Waals surface area contributed by atoms with Crippen LogP contribution in [0, 0.1) is 0 Å². The van der Waals surface area contributed by atoms with Crippen LogP contribution in [-0.4, -0.2) is 33.2 Å². The summed E-state index contributed by atoms with van der Waals surface area (Å²) in [7, 11) is 0. The van der Waals surface area contributed by atoms with Crippen LogP contribution in [0.25, 0.3) is 0 Å². The standard InChI is InChI=1S/C27H36O9/c1-7-13-16(34-10-4)19-20(17(14-8-2)35-11-5)23(26(30)31)24(27(32)33)21(22(19)25(28)29)18(15-9-3)36-12-6/h10-12,16-18H,4-9,13-15H2,1-3H3,(H,28,29)(H,30,31)(H,32,33). The number of carbonyl (C=O) groups is 3. The van der Waals surface area contributed by atoms with Crippen molar-refractivity contribution < 1.29 is 43.9 Å². The summed E-state index contributed by atoms with van der Waals surface area (Å²) in [5, 5.41) is 31.0. The third-order valence-corrected chi connectivity index (χ3v) is 5.66. The Balaban J connectivity index is 4.62. The Bertz CT molecular complexity index is 980. The van der Waals surface area contributed by atoms with E-state index in [9.17, 15) is 29.7 Å². The summed E-state index contributed by atoms with van der Waals surface area (Å²) in [4.78, 5) is 38.2. The average Bonchev–Trinajstić information content (AvgIpc) is 2.81. The Morgan fingerprint density at radius 3 is 1.17 bits per heavy atom. The molecule has 9 nitrogen and oxygen atoms in total. The van der Waals surface area contributed by atoms with Gasteiger partial charge in [0.25, 0.3) is 0 Å². The average molecular weight is 505 g/mol. The summed E-state index contributed by atoms with van der Waals surface area (Å²) in [6, 6.07) is 0. The zero-order chi connectivity index (χ0) is 27.4. The van der Waals surface area contributed by atoms with Gasteiger partial charge in [-0.2, -0.15) is 0 Å². The zero-order valence-electron chi connectivity index (χ0n) is 21.1. The summed E-state index contributed by atoms with van der Waals surface area (Å²) in [6.45, 7) is 16.2. The van der Waals surface area contributed by atoms with Crippen LogP contribution < -0.4 is 0 Å². The van der Waals surface area contributed by atoms with Gasteiger partial charge in [-0.3, -0.25) is 0 Å². The van der Waals surface area contributed by atoms with Gasteiger partial charge in [-0.15, -0.1) is 0 Å². The van der Waals surface area contributed by atoms with Crippen molar-refractivity contribution in [3.63, 3.8) is 0 Å². The lowest BCUT2D eigenvalue weighted by molar-refractivity contribution is 0.0615. The van der Waals surface area contributed by atoms with Gasteiger partial charge in [0.2, 0.25) is 0 Å². The third kappa shape index (κ3) is 6.68. The number of carboxylic acids is 3. The quantitative estimate of drug-likeness (QED) is 0.184. The lowest BCUT2D eigenvalue weighted by atomic mass is 9.78. The van der Waals surface area contributed by atoms with Crippen molar-refractivity contribution in [1.82, 2.24) is 0 Å². The van der Waals surface area contributed by atoms with E-state index in [1.54, 1.807) is 0 Å². The van der Waals surface area contributed by atoms with E-state index in [0.29, 0.717) is 25.7 Å². The molecule has 1 rings (SSSR count). The summed E-state index contributed by atoms with van der Waals surface area (Å²) in [6.07, 6.45) is 2.71. The second-order valence-electron chi connectivity index (χ2n) is 8.02. The van der Waals surface area contributed by atoms with E-state index in [-0.39, 0.29) is 35.1 Å². The lowest BCUT2D eigenvalue weighted by Crippen LogP contribution is -2.27. The molecule has 0 aliphatic heterocycles. The van der Waals surface area contributed by atoms with Crippen LogP contribution in [0.3, 0.4) is 0 Å². The van der Waals surface area contributed by atoms with Crippen molar-refractivity contribution in [3.05, 3.63) is 71.9 Å². The second-order valence-corrected chi connectivity index (χ2v) is 8.02. The lowest BCUT2D eigenvalue weighted by Gasteiger charge is -2.31. The van der Waals surface area contributed by atoms with Crippen LogP contribution in [0.15, 0.2) is 38.5 Å². The van der Waals surface area contributed by atoms with Gasteiger partial charge in [0.1, 0.15) is 18.3 Å². The molecule has 0 aliphatic rings. The summed E-state index contributed by atoms with van der Waals surface area (Å²) in [5.41, 5.74) is -1.92. The Kier molecular flexibility index (Phi) is 12.3. The van der Waals surface area contributed by atoms with Gasteiger partial charge >= 0.3 is 17.9 Å². The topological polar surface area (TPSA) is 140 Å². The number of rotatable bonds is 18.